The zero-order valence-corrected chi connectivity index (χ0v) is 18.3. The molecule has 0 spiro atoms. The third kappa shape index (κ3) is 4.07. The third-order valence-corrected chi connectivity index (χ3v) is 6.30. The molecule has 0 saturated carbocycles. The van der Waals surface area contributed by atoms with E-state index in [1.54, 1.807) is 18.2 Å². The first-order valence-corrected chi connectivity index (χ1v) is 10.6. The summed E-state index contributed by atoms with van der Waals surface area (Å²) in [5.74, 6) is 0.511. The maximum atomic E-state index is 12.7. The number of H-pyrrole nitrogens is 2. The SMILES string of the molecule is Cl.N#Cc1ccc2[nH]cc(CC3CCN(CCn4c(=O)[nH]c5ccccc5c4=O)C3)c2c1. The van der Waals surface area contributed by atoms with Crippen molar-refractivity contribution < 1.29 is 0 Å². The molecule has 1 aliphatic heterocycles. The molecule has 0 radical (unpaired) electrons. The molecule has 0 bridgehead atoms. The Morgan fingerprint density at radius 2 is 1.91 bits per heavy atom. The van der Waals surface area contributed by atoms with Gasteiger partial charge in [0.25, 0.3) is 5.56 Å². The van der Waals surface area contributed by atoms with Crippen LogP contribution in [0.3, 0.4) is 0 Å². The molecule has 1 aliphatic rings. The van der Waals surface area contributed by atoms with Gasteiger partial charge in [-0.1, -0.05) is 12.1 Å². The molecular formula is C24H24ClN5O2. The van der Waals surface area contributed by atoms with Crippen LogP contribution in [0.4, 0.5) is 0 Å². The average Bonchev–Trinajstić information content (AvgIpc) is 3.40. The minimum Gasteiger partial charge on any atom is -0.361 e. The van der Waals surface area contributed by atoms with Crippen molar-refractivity contribution in [2.24, 2.45) is 5.92 Å². The van der Waals surface area contributed by atoms with Gasteiger partial charge in [0.2, 0.25) is 0 Å². The van der Waals surface area contributed by atoms with Gasteiger partial charge in [0.1, 0.15) is 0 Å². The highest BCUT2D eigenvalue weighted by Gasteiger charge is 2.23. The zero-order chi connectivity index (χ0) is 21.4. The summed E-state index contributed by atoms with van der Waals surface area (Å²) < 4.78 is 1.30. The molecule has 8 heteroatoms. The minimum atomic E-state index is -0.355. The van der Waals surface area contributed by atoms with E-state index in [4.69, 9.17) is 0 Å². The lowest BCUT2D eigenvalue weighted by Gasteiger charge is -2.16. The predicted molar refractivity (Wildman–Crippen MR) is 127 cm³/mol. The average molecular weight is 450 g/mol. The second-order valence-corrected chi connectivity index (χ2v) is 8.28. The first kappa shape index (κ1) is 21.9. The van der Waals surface area contributed by atoms with E-state index in [2.05, 4.69) is 20.9 Å². The molecule has 2 aromatic carbocycles. The fourth-order valence-corrected chi connectivity index (χ4v) is 4.65. The lowest BCUT2D eigenvalue weighted by atomic mass is 9.98. The van der Waals surface area contributed by atoms with Gasteiger partial charge in [-0.05, 0) is 61.2 Å². The molecule has 32 heavy (non-hydrogen) atoms. The number of hydrogen-bond donors (Lipinski definition) is 2. The molecule has 0 amide bonds. The Morgan fingerprint density at radius 1 is 1.06 bits per heavy atom. The van der Waals surface area contributed by atoms with E-state index in [0.29, 0.717) is 35.5 Å². The van der Waals surface area contributed by atoms with E-state index >= 15 is 0 Å². The van der Waals surface area contributed by atoms with Gasteiger partial charge in [-0.25, -0.2) is 4.79 Å². The fourth-order valence-electron chi connectivity index (χ4n) is 4.65. The van der Waals surface area contributed by atoms with Crippen molar-refractivity contribution in [1.29, 1.82) is 5.26 Å². The number of hydrogen-bond acceptors (Lipinski definition) is 4. The highest BCUT2D eigenvalue weighted by atomic mass is 35.5. The van der Waals surface area contributed by atoms with Crippen molar-refractivity contribution in [1.82, 2.24) is 19.4 Å². The van der Waals surface area contributed by atoms with Gasteiger partial charge in [-0.15, -0.1) is 12.4 Å². The number of aromatic nitrogens is 3. The summed E-state index contributed by atoms with van der Waals surface area (Å²) in [6.07, 6.45) is 4.07. The molecule has 2 aromatic heterocycles. The molecule has 3 heterocycles. The Kier molecular flexibility index (Phi) is 6.17. The summed E-state index contributed by atoms with van der Waals surface area (Å²) in [4.78, 5) is 33.5. The van der Waals surface area contributed by atoms with E-state index in [-0.39, 0.29) is 23.7 Å². The Bertz CT molecular complexity index is 1430. The molecule has 4 aromatic rings. The molecular weight excluding hydrogens is 426 g/mol. The van der Waals surface area contributed by atoms with E-state index in [0.717, 1.165) is 36.8 Å². The number of fused-ring (bicyclic) bond motifs is 2. The van der Waals surface area contributed by atoms with Crippen LogP contribution in [0.2, 0.25) is 0 Å². The number of rotatable bonds is 5. The van der Waals surface area contributed by atoms with Crippen LogP contribution in [0, 0.1) is 17.2 Å². The molecule has 5 rings (SSSR count). The van der Waals surface area contributed by atoms with Gasteiger partial charge in [0, 0.05) is 36.7 Å². The van der Waals surface area contributed by atoms with Gasteiger partial charge in [0.15, 0.2) is 0 Å². The molecule has 1 fully saturated rings. The Labute approximate surface area is 190 Å². The molecule has 1 unspecified atom stereocenters. The predicted octanol–water partition coefficient (Wildman–Crippen LogP) is 3.03. The first-order valence-electron chi connectivity index (χ1n) is 10.6. The van der Waals surface area contributed by atoms with Crippen LogP contribution in [0.15, 0.2) is 58.3 Å². The first-order chi connectivity index (χ1) is 15.1. The molecule has 1 saturated heterocycles. The molecule has 164 valence electrons. The summed E-state index contributed by atoms with van der Waals surface area (Å²) in [6.45, 7) is 2.94. The number of nitrogens with zero attached hydrogens (tertiary/aromatic N) is 3. The summed E-state index contributed by atoms with van der Waals surface area (Å²) in [6, 6.07) is 15.1. The highest BCUT2D eigenvalue weighted by Crippen LogP contribution is 2.26. The Balaban J connectivity index is 0.00000245. The summed E-state index contributed by atoms with van der Waals surface area (Å²) in [5.41, 5.74) is 2.95. The van der Waals surface area contributed by atoms with Crippen LogP contribution in [0.25, 0.3) is 21.8 Å². The normalized spacial score (nSPS) is 16.3. The standard InChI is InChI=1S/C24H23N5O2.ClH/c25-13-16-5-6-21-20(12-16)18(14-26-21)11-17-7-8-28(15-17)9-10-29-23(30)19-3-1-2-4-22(19)27-24(29)31;/h1-6,12,14,17,26H,7-11,15H2,(H,27,31);1H. The van der Waals surface area contributed by atoms with Crippen molar-refractivity contribution in [3.63, 3.8) is 0 Å². The highest BCUT2D eigenvalue weighted by molar-refractivity contribution is 5.85. The summed E-state index contributed by atoms with van der Waals surface area (Å²) >= 11 is 0. The lowest BCUT2D eigenvalue weighted by molar-refractivity contribution is 0.305. The van der Waals surface area contributed by atoms with Crippen molar-refractivity contribution in [2.45, 2.75) is 19.4 Å². The third-order valence-electron chi connectivity index (χ3n) is 6.30. The fraction of sp³-hybridized carbons (Fsp3) is 0.292. The topological polar surface area (TPSA) is 97.7 Å². The molecule has 0 aliphatic carbocycles. The Morgan fingerprint density at radius 3 is 2.75 bits per heavy atom. The maximum absolute atomic E-state index is 12.7. The van der Waals surface area contributed by atoms with E-state index < -0.39 is 0 Å². The number of nitrogens with one attached hydrogen (secondary N) is 2. The minimum absolute atomic E-state index is 0. The van der Waals surface area contributed by atoms with Crippen LogP contribution >= 0.6 is 12.4 Å². The summed E-state index contributed by atoms with van der Waals surface area (Å²) in [5, 5.41) is 10.8. The lowest BCUT2D eigenvalue weighted by Crippen LogP contribution is -2.38. The number of likely N-dealkylation sites (tertiary alicyclic amines) is 1. The number of aromatic amines is 2. The number of para-hydroxylation sites is 1. The monoisotopic (exact) mass is 449 g/mol. The van der Waals surface area contributed by atoms with Gasteiger partial charge in [-0.2, -0.15) is 5.26 Å². The van der Waals surface area contributed by atoms with E-state index in [9.17, 15) is 14.9 Å². The maximum Gasteiger partial charge on any atom is 0.328 e. The zero-order valence-electron chi connectivity index (χ0n) is 17.5. The van der Waals surface area contributed by atoms with Crippen molar-refractivity contribution in [2.75, 3.05) is 19.6 Å². The van der Waals surface area contributed by atoms with Gasteiger partial charge in [-0.3, -0.25) is 9.36 Å². The largest absolute Gasteiger partial charge is 0.361 e. The van der Waals surface area contributed by atoms with E-state index in [1.165, 1.54) is 10.1 Å². The molecule has 2 N–H and O–H groups in total. The van der Waals surface area contributed by atoms with Gasteiger partial charge >= 0.3 is 5.69 Å². The van der Waals surface area contributed by atoms with Crippen LogP contribution in [0.5, 0.6) is 0 Å². The van der Waals surface area contributed by atoms with Crippen LogP contribution in [0.1, 0.15) is 17.5 Å². The van der Waals surface area contributed by atoms with E-state index in [1.807, 2.05) is 30.5 Å². The summed E-state index contributed by atoms with van der Waals surface area (Å²) in [7, 11) is 0. The van der Waals surface area contributed by atoms with Crippen molar-refractivity contribution in [3.8, 4) is 6.07 Å². The van der Waals surface area contributed by atoms with Crippen molar-refractivity contribution in [3.05, 3.63) is 80.6 Å². The smallest absolute Gasteiger partial charge is 0.328 e. The second kappa shape index (κ2) is 9.03. The number of benzene rings is 2. The van der Waals surface area contributed by atoms with Crippen LogP contribution < -0.4 is 11.2 Å². The second-order valence-electron chi connectivity index (χ2n) is 8.28. The van der Waals surface area contributed by atoms with Crippen molar-refractivity contribution >= 4 is 34.2 Å². The quantitative estimate of drug-likeness (QED) is 0.489. The Hall–Kier alpha value is -3.34. The van der Waals surface area contributed by atoms with Crippen LogP contribution in [-0.2, 0) is 13.0 Å². The van der Waals surface area contributed by atoms with Gasteiger partial charge in [0.05, 0.1) is 22.5 Å². The van der Waals surface area contributed by atoms with Crippen LogP contribution in [-0.4, -0.2) is 39.1 Å². The molecule has 1 atom stereocenters. The van der Waals surface area contributed by atoms with Gasteiger partial charge < -0.3 is 14.9 Å². The number of nitriles is 1. The molecule has 7 nitrogen and oxygen atoms in total. The number of halogens is 1.